The molecule has 2 aromatic rings. The highest BCUT2D eigenvalue weighted by atomic mass is 16.5. The van der Waals surface area contributed by atoms with Crippen LogP contribution in [0.4, 0.5) is 5.95 Å². The molecular weight excluding hydrogens is 298 g/mol. The Morgan fingerprint density at radius 3 is 2.65 bits per heavy atom. The van der Waals surface area contributed by atoms with Crippen LogP contribution in [0.1, 0.15) is 32.1 Å². The van der Waals surface area contributed by atoms with Crippen molar-refractivity contribution in [1.82, 2.24) is 19.1 Å². The number of aryl methyl sites for hydroxylation is 2. The summed E-state index contributed by atoms with van der Waals surface area (Å²) in [5.74, 6) is 0.584. The first-order chi connectivity index (χ1) is 11.0. The van der Waals surface area contributed by atoms with Crippen LogP contribution in [0.5, 0.6) is 0 Å². The Bertz CT molecular complexity index is 819. The van der Waals surface area contributed by atoms with Crippen LogP contribution in [-0.2, 0) is 18.8 Å². The van der Waals surface area contributed by atoms with Crippen molar-refractivity contribution in [2.75, 3.05) is 12.4 Å². The molecule has 126 valence electrons. The molecule has 0 spiro atoms. The number of ether oxygens (including phenoxy) is 1. The summed E-state index contributed by atoms with van der Waals surface area (Å²) in [6.07, 6.45) is 5.64. The number of aromatic amines is 1. The van der Waals surface area contributed by atoms with Gasteiger partial charge >= 0.3 is 5.69 Å². The number of hydrogen-bond acceptors (Lipinski definition) is 5. The predicted octanol–water partition coefficient (Wildman–Crippen LogP) is 0.720. The van der Waals surface area contributed by atoms with Crippen LogP contribution < -0.4 is 16.6 Å². The maximum Gasteiger partial charge on any atom is 0.329 e. The Morgan fingerprint density at radius 2 is 1.91 bits per heavy atom. The second kappa shape index (κ2) is 6.19. The van der Waals surface area contributed by atoms with E-state index in [1.165, 1.54) is 11.0 Å². The Kier molecular flexibility index (Phi) is 4.25. The molecule has 0 aliphatic heterocycles. The Balaban J connectivity index is 2.01. The number of methoxy groups -OCH3 is 1. The number of H-pyrrole nitrogens is 1. The molecule has 0 radical (unpaired) electrons. The van der Waals surface area contributed by atoms with Gasteiger partial charge in [0.15, 0.2) is 11.2 Å². The van der Waals surface area contributed by atoms with Crippen LogP contribution in [-0.4, -0.2) is 38.4 Å². The molecule has 0 aromatic carbocycles. The van der Waals surface area contributed by atoms with Crippen LogP contribution in [0.2, 0.25) is 0 Å². The topological polar surface area (TPSA) is 93.9 Å². The van der Waals surface area contributed by atoms with E-state index in [1.54, 1.807) is 25.8 Å². The van der Waals surface area contributed by atoms with Gasteiger partial charge in [-0.1, -0.05) is 19.3 Å². The summed E-state index contributed by atoms with van der Waals surface area (Å²) >= 11 is 0. The van der Waals surface area contributed by atoms with Gasteiger partial charge in [0.05, 0.1) is 12.1 Å². The molecule has 1 aliphatic carbocycles. The highest BCUT2D eigenvalue weighted by Crippen LogP contribution is 2.24. The van der Waals surface area contributed by atoms with Gasteiger partial charge in [0.1, 0.15) is 0 Å². The zero-order chi connectivity index (χ0) is 16.6. The summed E-state index contributed by atoms with van der Waals surface area (Å²) in [5.41, 5.74) is -0.116. The van der Waals surface area contributed by atoms with E-state index in [1.807, 2.05) is 0 Å². The SMILES string of the molecule is CO[C@H]1CCCCC[C@H]1Nc1nc2c(c(=O)[nH]c(=O)n2C)n1C. The van der Waals surface area contributed by atoms with E-state index < -0.39 is 11.2 Å². The fourth-order valence-corrected chi connectivity index (χ4v) is 3.32. The number of anilines is 1. The zero-order valence-electron chi connectivity index (χ0n) is 13.8. The molecule has 1 aliphatic rings. The van der Waals surface area contributed by atoms with Crippen molar-refractivity contribution in [3.05, 3.63) is 20.8 Å². The van der Waals surface area contributed by atoms with Crippen LogP contribution in [0.15, 0.2) is 9.59 Å². The molecule has 23 heavy (non-hydrogen) atoms. The van der Waals surface area contributed by atoms with Crippen LogP contribution >= 0.6 is 0 Å². The van der Waals surface area contributed by atoms with E-state index >= 15 is 0 Å². The third-order valence-electron chi connectivity index (χ3n) is 4.70. The van der Waals surface area contributed by atoms with Crippen molar-refractivity contribution in [1.29, 1.82) is 0 Å². The fourth-order valence-electron chi connectivity index (χ4n) is 3.32. The maximum atomic E-state index is 12.1. The fraction of sp³-hybridized carbons (Fsp3) is 0.667. The van der Waals surface area contributed by atoms with E-state index in [2.05, 4.69) is 15.3 Å². The van der Waals surface area contributed by atoms with Gasteiger partial charge < -0.3 is 14.6 Å². The average molecular weight is 321 g/mol. The van der Waals surface area contributed by atoms with Crippen molar-refractivity contribution in [2.24, 2.45) is 14.1 Å². The number of nitrogens with zero attached hydrogens (tertiary/aromatic N) is 3. The zero-order valence-corrected chi connectivity index (χ0v) is 13.8. The van der Waals surface area contributed by atoms with Crippen LogP contribution in [0.3, 0.4) is 0 Å². The molecule has 1 saturated carbocycles. The lowest BCUT2D eigenvalue weighted by atomic mass is 10.1. The molecule has 2 aromatic heterocycles. The lowest BCUT2D eigenvalue weighted by molar-refractivity contribution is 0.0804. The third-order valence-corrected chi connectivity index (χ3v) is 4.70. The molecule has 2 N–H and O–H groups in total. The number of hydrogen-bond donors (Lipinski definition) is 2. The number of aromatic nitrogens is 4. The molecule has 0 bridgehead atoms. The van der Waals surface area contributed by atoms with Gasteiger partial charge in [-0.3, -0.25) is 14.3 Å². The van der Waals surface area contributed by atoms with Gasteiger partial charge in [-0.05, 0) is 12.8 Å². The summed E-state index contributed by atoms with van der Waals surface area (Å²) < 4.78 is 8.66. The molecule has 1 fully saturated rings. The third kappa shape index (κ3) is 2.78. The average Bonchev–Trinajstić information content (AvgIpc) is 2.71. The van der Waals surface area contributed by atoms with Gasteiger partial charge in [0.2, 0.25) is 5.95 Å². The van der Waals surface area contributed by atoms with Crippen LogP contribution in [0.25, 0.3) is 11.2 Å². The second-order valence-electron chi connectivity index (χ2n) is 6.15. The molecular formula is C15H23N5O3. The van der Waals surface area contributed by atoms with Crippen molar-refractivity contribution in [3.63, 3.8) is 0 Å². The highest BCUT2D eigenvalue weighted by Gasteiger charge is 2.25. The highest BCUT2D eigenvalue weighted by molar-refractivity contribution is 5.73. The standard InChI is InChI=1S/C15H23N5O3/c1-19-11-12(20(2)15(22)18-13(11)21)17-14(19)16-9-7-5-4-6-8-10(9)23-3/h9-10H,4-8H2,1-3H3,(H,16,17)(H,18,21,22)/t9-,10+/m1/s1. The summed E-state index contributed by atoms with van der Waals surface area (Å²) in [4.78, 5) is 30.6. The lowest BCUT2D eigenvalue weighted by Gasteiger charge is -2.25. The Hall–Kier alpha value is -2.09. The van der Waals surface area contributed by atoms with E-state index in [0.29, 0.717) is 17.1 Å². The molecule has 0 saturated heterocycles. The number of fused-ring (bicyclic) bond motifs is 1. The number of imidazole rings is 1. The lowest BCUT2D eigenvalue weighted by Crippen LogP contribution is -2.35. The first kappa shape index (κ1) is 15.8. The summed E-state index contributed by atoms with van der Waals surface area (Å²) in [5, 5.41) is 3.41. The first-order valence-corrected chi connectivity index (χ1v) is 7.98. The van der Waals surface area contributed by atoms with Gasteiger partial charge in [-0.15, -0.1) is 0 Å². The molecule has 8 nitrogen and oxygen atoms in total. The summed E-state index contributed by atoms with van der Waals surface area (Å²) in [6.45, 7) is 0. The number of rotatable bonds is 3. The molecule has 0 unspecified atom stereocenters. The predicted molar refractivity (Wildman–Crippen MR) is 87.9 cm³/mol. The molecule has 2 heterocycles. The molecule has 2 atom stereocenters. The van der Waals surface area contributed by atoms with Gasteiger partial charge in [-0.25, -0.2) is 4.79 Å². The largest absolute Gasteiger partial charge is 0.379 e. The summed E-state index contributed by atoms with van der Waals surface area (Å²) in [7, 11) is 5.10. The van der Waals surface area contributed by atoms with E-state index in [-0.39, 0.29) is 12.1 Å². The molecule has 8 heteroatoms. The minimum absolute atomic E-state index is 0.124. The minimum Gasteiger partial charge on any atom is -0.379 e. The van der Waals surface area contributed by atoms with E-state index in [9.17, 15) is 9.59 Å². The first-order valence-electron chi connectivity index (χ1n) is 7.98. The van der Waals surface area contributed by atoms with Crippen molar-refractivity contribution in [2.45, 2.75) is 44.2 Å². The minimum atomic E-state index is -0.462. The van der Waals surface area contributed by atoms with Crippen LogP contribution in [0, 0.1) is 0 Å². The summed E-state index contributed by atoms with van der Waals surface area (Å²) in [6, 6.07) is 0.147. The van der Waals surface area contributed by atoms with Gasteiger partial charge in [0, 0.05) is 21.2 Å². The Labute approximate surface area is 133 Å². The van der Waals surface area contributed by atoms with Gasteiger partial charge in [-0.2, -0.15) is 4.98 Å². The quantitative estimate of drug-likeness (QED) is 0.813. The van der Waals surface area contributed by atoms with Crippen molar-refractivity contribution in [3.8, 4) is 0 Å². The van der Waals surface area contributed by atoms with Gasteiger partial charge in [0.25, 0.3) is 5.56 Å². The van der Waals surface area contributed by atoms with E-state index in [0.717, 1.165) is 25.7 Å². The Morgan fingerprint density at radius 1 is 1.17 bits per heavy atom. The number of nitrogens with one attached hydrogen (secondary N) is 2. The normalized spacial score (nSPS) is 22.2. The smallest absolute Gasteiger partial charge is 0.329 e. The maximum absolute atomic E-state index is 12.1. The monoisotopic (exact) mass is 321 g/mol. The van der Waals surface area contributed by atoms with E-state index in [4.69, 9.17) is 4.74 Å². The molecule has 0 amide bonds. The second-order valence-corrected chi connectivity index (χ2v) is 6.15. The van der Waals surface area contributed by atoms with Crippen molar-refractivity contribution < 1.29 is 4.74 Å². The van der Waals surface area contributed by atoms with Crippen molar-refractivity contribution >= 4 is 17.1 Å². The molecule has 3 rings (SSSR count).